The maximum atomic E-state index is 13.5. The second-order valence-corrected chi connectivity index (χ2v) is 3.90. The molecule has 1 aromatic heterocycles. The van der Waals surface area contributed by atoms with E-state index < -0.39 is 40.7 Å². The molecule has 106 valence electrons. The summed E-state index contributed by atoms with van der Waals surface area (Å²) in [6.45, 7) is 5.16. The molecule has 8 heteroatoms. The van der Waals surface area contributed by atoms with Crippen LogP contribution in [-0.2, 0) is 12.4 Å². The fourth-order valence-electron chi connectivity index (χ4n) is 1.60. The first-order valence-corrected chi connectivity index (χ1v) is 4.87. The second-order valence-electron chi connectivity index (χ2n) is 3.90. The molecular weight excluding hydrogens is 279 g/mol. The van der Waals surface area contributed by atoms with Crippen molar-refractivity contribution in [2.75, 3.05) is 0 Å². The van der Waals surface area contributed by atoms with Gasteiger partial charge in [0.25, 0.3) is 0 Å². The molecule has 0 saturated heterocycles. The summed E-state index contributed by atoms with van der Waals surface area (Å²) in [5.41, 5.74) is -5.71. The minimum atomic E-state index is -5.30. The highest BCUT2D eigenvalue weighted by atomic mass is 19.4. The van der Waals surface area contributed by atoms with Crippen LogP contribution in [0.5, 0.6) is 0 Å². The van der Waals surface area contributed by atoms with Gasteiger partial charge in [0.05, 0.1) is 0 Å². The zero-order chi connectivity index (χ0) is 15.2. The van der Waals surface area contributed by atoms with Crippen LogP contribution in [0.2, 0.25) is 0 Å². The molecule has 0 aliphatic carbocycles. The fourth-order valence-corrected chi connectivity index (χ4v) is 1.60. The van der Waals surface area contributed by atoms with Gasteiger partial charge in [-0.3, -0.25) is 0 Å². The highest BCUT2D eigenvalue weighted by molar-refractivity contribution is 5.67. The normalized spacial score (nSPS) is 12.7. The van der Waals surface area contributed by atoms with Crippen molar-refractivity contribution in [3.05, 3.63) is 34.9 Å². The van der Waals surface area contributed by atoms with E-state index in [1.807, 2.05) is 0 Å². The molecule has 0 aliphatic heterocycles. The fraction of sp³-hybridized carbons (Fsp3) is 0.364. The number of alkyl halides is 6. The van der Waals surface area contributed by atoms with E-state index in [0.29, 0.717) is 0 Å². The third kappa shape index (κ3) is 2.87. The largest absolute Gasteiger partial charge is 0.436 e. The molecule has 0 bridgehead atoms. The number of allylic oxidation sites excluding steroid dienone is 1. The molecule has 0 aromatic carbocycles. The average molecular weight is 287 g/mol. The average Bonchev–Trinajstić information content (AvgIpc) is 2.17. The molecular formula is C11H8F7N. The van der Waals surface area contributed by atoms with Gasteiger partial charge >= 0.3 is 12.4 Å². The molecule has 0 aliphatic rings. The molecule has 0 N–H and O–H groups in total. The van der Waals surface area contributed by atoms with E-state index in [2.05, 4.69) is 11.6 Å². The van der Waals surface area contributed by atoms with Crippen LogP contribution in [0.1, 0.15) is 29.4 Å². The van der Waals surface area contributed by atoms with Gasteiger partial charge < -0.3 is 0 Å². The van der Waals surface area contributed by atoms with E-state index in [1.54, 1.807) is 0 Å². The van der Waals surface area contributed by atoms with E-state index in [9.17, 15) is 30.7 Å². The summed E-state index contributed by atoms with van der Waals surface area (Å²) >= 11 is 0. The summed E-state index contributed by atoms with van der Waals surface area (Å²) < 4.78 is 88.9. The molecule has 0 amide bonds. The Morgan fingerprint density at radius 1 is 1.00 bits per heavy atom. The Morgan fingerprint density at radius 3 is 1.74 bits per heavy atom. The van der Waals surface area contributed by atoms with E-state index in [0.717, 1.165) is 13.8 Å². The second kappa shape index (κ2) is 4.50. The van der Waals surface area contributed by atoms with E-state index in [-0.39, 0.29) is 5.57 Å². The van der Waals surface area contributed by atoms with E-state index in [4.69, 9.17) is 0 Å². The third-order valence-corrected chi connectivity index (χ3v) is 2.34. The Balaban J connectivity index is 3.80. The molecule has 0 saturated carbocycles. The first-order valence-electron chi connectivity index (χ1n) is 4.87. The Labute approximate surface area is 103 Å². The standard InChI is InChI=1S/C11H8F7N/c1-4(2)6-5(3)7(12)9(11(16,17)18)19-8(6)10(13,14)15/h1H2,2-3H3. The van der Waals surface area contributed by atoms with Gasteiger partial charge in [-0.1, -0.05) is 6.58 Å². The summed E-state index contributed by atoms with van der Waals surface area (Å²) in [5.74, 6) is -1.82. The molecule has 0 radical (unpaired) electrons. The van der Waals surface area contributed by atoms with Crippen LogP contribution >= 0.6 is 0 Å². The Hall–Kier alpha value is -1.60. The van der Waals surface area contributed by atoms with Gasteiger partial charge in [0.15, 0.2) is 17.2 Å². The predicted molar refractivity (Wildman–Crippen MR) is 53.6 cm³/mol. The number of hydrogen-bond donors (Lipinski definition) is 0. The first kappa shape index (κ1) is 15.5. The number of hydrogen-bond acceptors (Lipinski definition) is 1. The lowest BCUT2D eigenvalue weighted by molar-refractivity contribution is -0.152. The monoisotopic (exact) mass is 287 g/mol. The summed E-state index contributed by atoms with van der Waals surface area (Å²) in [5, 5.41) is 0. The smallest absolute Gasteiger partial charge is 0.235 e. The highest BCUT2D eigenvalue weighted by Crippen LogP contribution is 2.39. The third-order valence-electron chi connectivity index (χ3n) is 2.34. The zero-order valence-corrected chi connectivity index (χ0v) is 9.80. The first-order chi connectivity index (χ1) is 8.37. The van der Waals surface area contributed by atoms with Crippen LogP contribution in [0.4, 0.5) is 30.7 Å². The summed E-state index contributed by atoms with van der Waals surface area (Å²) in [6.07, 6.45) is -10.4. The Bertz CT molecular complexity index is 525. The quantitative estimate of drug-likeness (QED) is 0.688. The van der Waals surface area contributed by atoms with Crippen molar-refractivity contribution in [2.24, 2.45) is 0 Å². The predicted octanol–water partition coefficient (Wildman–Crippen LogP) is 4.60. The van der Waals surface area contributed by atoms with Gasteiger partial charge in [0.2, 0.25) is 0 Å². The van der Waals surface area contributed by atoms with Gasteiger partial charge in [-0.05, 0) is 25.0 Å². The minimum Gasteiger partial charge on any atom is -0.235 e. The number of rotatable bonds is 1. The van der Waals surface area contributed by atoms with Crippen molar-refractivity contribution in [1.29, 1.82) is 0 Å². The lowest BCUT2D eigenvalue weighted by Gasteiger charge is -2.18. The molecule has 1 nitrogen and oxygen atoms in total. The van der Waals surface area contributed by atoms with E-state index in [1.165, 1.54) is 0 Å². The molecule has 1 aromatic rings. The maximum Gasteiger partial charge on any atom is 0.436 e. The van der Waals surface area contributed by atoms with Crippen LogP contribution in [0, 0.1) is 12.7 Å². The van der Waals surface area contributed by atoms with Gasteiger partial charge in [0, 0.05) is 5.56 Å². The minimum absolute atomic E-state index is 0.218. The molecule has 0 unspecified atom stereocenters. The maximum absolute atomic E-state index is 13.5. The lowest BCUT2D eigenvalue weighted by atomic mass is 9.99. The molecule has 19 heavy (non-hydrogen) atoms. The van der Waals surface area contributed by atoms with Gasteiger partial charge in [0.1, 0.15) is 0 Å². The van der Waals surface area contributed by atoms with Crippen molar-refractivity contribution in [3.63, 3.8) is 0 Å². The topological polar surface area (TPSA) is 12.9 Å². The Kier molecular flexibility index (Phi) is 3.66. The molecule has 0 atom stereocenters. The van der Waals surface area contributed by atoms with Gasteiger partial charge in [-0.25, -0.2) is 9.37 Å². The SMILES string of the molecule is C=C(C)c1c(C(F)(F)F)nc(C(F)(F)F)c(F)c1C. The number of pyridine rings is 1. The Morgan fingerprint density at radius 2 is 1.42 bits per heavy atom. The molecule has 0 spiro atoms. The highest BCUT2D eigenvalue weighted by Gasteiger charge is 2.43. The number of nitrogens with zero attached hydrogens (tertiary/aromatic N) is 1. The van der Waals surface area contributed by atoms with Crippen molar-refractivity contribution in [2.45, 2.75) is 26.2 Å². The van der Waals surface area contributed by atoms with Crippen molar-refractivity contribution < 1.29 is 30.7 Å². The van der Waals surface area contributed by atoms with Gasteiger partial charge in [-0.15, -0.1) is 0 Å². The molecule has 1 heterocycles. The van der Waals surface area contributed by atoms with Crippen LogP contribution in [-0.4, -0.2) is 4.98 Å². The lowest BCUT2D eigenvalue weighted by Crippen LogP contribution is -2.20. The molecule has 0 fully saturated rings. The number of halogens is 7. The molecule has 1 rings (SSSR count). The van der Waals surface area contributed by atoms with Crippen LogP contribution in [0.15, 0.2) is 6.58 Å². The zero-order valence-electron chi connectivity index (χ0n) is 9.80. The van der Waals surface area contributed by atoms with Crippen LogP contribution in [0.25, 0.3) is 5.57 Å². The van der Waals surface area contributed by atoms with Crippen molar-refractivity contribution in [1.82, 2.24) is 4.98 Å². The van der Waals surface area contributed by atoms with E-state index >= 15 is 0 Å². The van der Waals surface area contributed by atoms with Crippen molar-refractivity contribution >= 4 is 5.57 Å². The van der Waals surface area contributed by atoms with Gasteiger partial charge in [-0.2, -0.15) is 26.3 Å². The summed E-state index contributed by atoms with van der Waals surface area (Å²) in [4.78, 5) is 2.41. The number of aromatic nitrogens is 1. The van der Waals surface area contributed by atoms with Crippen LogP contribution in [0.3, 0.4) is 0 Å². The summed E-state index contributed by atoms with van der Waals surface area (Å²) in [7, 11) is 0. The van der Waals surface area contributed by atoms with Crippen molar-refractivity contribution in [3.8, 4) is 0 Å². The summed E-state index contributed by atoms with van der Waals surface area (Å²) in [6, 6.07) is 0. The van der Waals surface area contributed by atoms with Crippen LogP contribution < -0.4 is 0 Å².